The number of benzene rings is 2. The predicted octanol–water partition coefficient (Wildman–Crippen LogP) is 3.98. The van der Waals surface area contributed by atoms with Crippen LogP contribution in [0.15, 0.2) is 72.0 Å². The molecule has 42 heavy (non-hydrogen) atoms. The van der Waals surface area contributed by atoms with Gasteiger partial charge in [0.25, 0.3) is 11.5 Å². The maximum atomic E-state index is 13.3. The van der Waals surface area contributed by atoms with Crippen LogP contribution in [0.25, 0.3) is 27.8 Å². The van der Waals surface area contributed by atoms with E-state index >= 15 is 0 Å². The quantitative estimate of drug-likeness (QED) is 0.320. The lowest BCUT2D eigenvalue weighted by atomic mass is 9.96. The number of piperidine rings is 1. The van der Waals surface area contributed by atoms with E-state index < -0.39 is 0 Å². The first-order valence-electron chi connectivity index (χ1n) is 14.3. The van der Waals surface area contributed by atoms with Crippen LogP contribution in [0.1, 0.15) is 29.6 Å². The fraction of sp³-hybridized carbons (Fsp3) is 0.323. The van der Waals surface area contributed by atoms with Crippen molar-refractivity contribution in [3.05, 3.63) is 89.0 Å². The minimum Gasteiger partial charge on any atom is -0.359 e. The number of hydrogen-bond donors (Lipinski definition) is 0. The number of halogens is 1. The van der Waals surface area contributed by atoms with Crippen LogP contribution in [0.3, 0.4) is 0 Å². The molecule has 1 fully saturated rings. The summed E-state index contributed by atoms with van der Waals surface area (Å²) in [6, 6.07) is 13.7. The molecule has 0 radical (unpaired) electrons. The summed E-state index contributed by atoms with van der Waals surface area (Å²) in [7, 11) is 2.09. The van der Waals surface area contributed by atoms with Crippen molar-refractivity contribution in [1.82, 2.24) is 34.0 Å². The topological polar surface area (TPSA) is 94.1 Å². The van der Waals surface area contributed by atoms with E-state index in [-0.39, 0.29) is 23.2 Å². The number of carbonyl (C=O) groups is 1. The fourth-order valence-electron chi connectivity index (χ4n) is 6.13. The van der Waals surface area contributed by atoms with Gasteiger partial charge in [0.05, 0.1) is 24.4 Å². The zero-order valence-electron chi connectivity index (χ0n) is 23.4. The molecule has 0 atom stereocenters. The van der Waals surface area contributed by atoms with Crippen molar-refractivity contribution in [3.8, 4) is 16.8 Å². The Hall–Kier alpha value is -4.80. The monoisotopic (exact) mass is 566 g/mol. The zero-order valence-corrected chi connectivity index (χ0v) is 23.4. The third kappa shape index (κ3) is 4.64. The van der Waals surface area contributed by atoms with Gasteiger partial charge in [0, 0.05) is 50.9 Å². The smallest absolute Gasteiger partial charge is 0.264 e. The number of hydrogen-bond acceptors (Lipinski definition) is 6. The maximum absolute atomic E-state index is 13.3. The number of anilines is 1. The first-order valence-corrected chi connectivity index (χ1v) is 14.3. The summed E-state index contributed by atoms with van der Waals surface area (Å²) in [5, 5.41) is 9.28. The van der Waals surface area contributed by atoms with Crippen molar-refractivity contribution in [3.63, 3.8) is 0 Å². The molecule has 0 aliphatic carbocycles. The average molecular weight is 567 g/mol. The highest BCUT2D eigenvalue weighted by atomic mass is 19.1. The van der Waals surface area contributed by atoms with Gasteiger partial charge >= 0.3 is 0 Å². The molecular weight excluding hydrogens is 535 g/mol. The van der Waals surface area contributed by atoms with Crippen LogP contribution < -0.4 is 10.5 Å². The van der Waals surface area contributed by atoms with Gasteiger partial charge in [0.1, 0.15) is 17.0 Å². The van der Waals surface area contributed by atoms with Gasteiger partial charge in [-0.3, -0.25) is 14.2 Å². The molecule has 2 aromatic carbocycles. The van der Waals surface area contributed by atoms with E-state index in [0.29, 0.717) is 41.9 Å². The average Bonchev–Trinajstić information content (AvgIpc) is 3.65. The summed E-state index contributed by atoms with van der Waals surface area (Å²) in [4.78, 5) is 35.1. The molecule has 1 saturated heterocycles. The molecule has 0 saturated carbocycles. The second kappa shape index (κ2) is 10.6. The highest BCUT2D eigenvalue weighted by Crippen LogP contribution is 2.33. The third-order valence-electron chi connectivity index (χ3n) is 8.46. The Balaban J connectivity index is 0.997. The zero-order chi connectivity index (χ0) is 28.8. The number of amides is 1. The first-order chi connectivity index (χ1) is 20.5. The molecule has 0 unspecified atom stereocenters. The lowest BCUT2D eigenvalue weighted by Gasteiger charge is -2.32. The highest BCUT2D eigenvalue weighted by molar-refractivity contribution is 5.95. The lowest BCUT2D eigenvalue weighted by molar-refractivity contribution is 0.0682. The molecule has 10 nitrogen and oxygen atoms in total. The van der Waals surface area contributed by atoms with Crippen LogP contribution in [0, 0.1) is 11.7 Å². The van der Waals surface area contributed by atoms with E-state index in [1.54, 1.807) is 27.7 Å². The molecule has 0 spiro atoms. The first kappa shape index (κ1) is 26.1. The van der Waals surface area contributed by atoms with E-state index in [9.17, 15) is 14.0 Å². The van der Waals surface area contributed by atoms with Gasteiger partial charge in [-0.15, -0.1) is 0 Å². The molecule has 2 aliphatic heterocycles. The van der Waals surface area contributed by atoms with Gasteiger partial charge in [0.15, 0.2) is 5.65 Å². The Morgan fingerprint density at radius 3 is 2.48 bits per heavy atom. The van der Waals surface area contributed by atoms with Crippen molar-refractivity contribution < 1.29 is 9.18 Å². The molecule has 3 aromatic heterocycles. The van der Waals surface area contributed by atoms with Crippen LogP contribution >= 0.6 is 0 Å². The SMILES string of the molecule is CN1CCCn2ncc(-c3ccc(C(=O)N4CCC(Cn5cnc6c(cnn6-c6ccc(F)cc6)c5=O)CC4)cc3)c21. The van der Waals surface area contributed by atoms with E-state index in [1.165, 1.54) is 18.3 Å². The molecule has 5 aromatic rings. The van der Waals surface area contributed by atoms with Crippen molar-refractivity contribution in [2.45, 2.75) is 32.4 Å². The van der Waals surface area contributed by atoms with Gasteiger partial charge in [0.2, 0.25) is 0 Å². The molecular formula is C31H31FN8O2. The van der Waals surface area contributed by atoms with E-state index in [0.717, 1.165) is 49.3 Å². The molecule has 11 heteroatoms. The summed E-state index contributed by atoms with van der Waals surface area (Å²) in [6.07, 6.45) is 7.67. The second-order valence-corrected chi connectivity index (χ2v) is 11.2. The number of aromatic nitrogens is 6. The number of nitrogens with zero attached hydrogens (tertiary/aromatic N) is 8. The minimum atomic E-state index is -0.340. The lowest BCUT2D eigenvalue weighted by Crippen LogP contribution is -2.40. The minimum absolute atomic E-state index is 0.0302. The summed E-state index contributed by atoms with van der Waals surface area (Å²) >= 11 is 0. The number of fused-ring (bicyclic) bond motifs is 2. The Morgan fingerprint density at radius 2 is 1.71 bits per heavy atom. The Labute approximate surface area is 241 Å². The van der Waals surface area contributed by atoms with Crippen LogP contribution in [0.2, 0.25) is 0 Å². The Morgan fingerprint density at radius 1 is 0.952 bits per heavy atom. The fourth-order valence-corrected chi connectivity index (χ4v) is 6.13. The second-order valence-electron chi connectivity index (χ2n) is 11.2. The maximum Gasteiger partial charge on any atom is 0.264 e. The van der Waals surface area contributed by atoms with Crippen molar-refractivity contribution in [2.75, 3.05) is 31.6 Å². The van der Waals surface area contributed by atoms with Gasteiger partial charge < -0.3 is 9.80 Å². The van der Waals surface area contributed by atoms with Gasteiger partial charge in [-0.1, -0.05) is 12.1 Å². The van der Waals surface area contributed by atoms with Crippen molar-refractivity contribution >= 4 is 22.8 Å². The summed E-state index contributed by atoms with van der Waals surface area (Å²) in [6.45, 7) is 3.74. The number of likely N-dealkylation sites (tertiary alicyclic amines) is 1. The molecule has 0 bridgehead atoms. The van der Waals surface area contributed by atoms with E-state index in [4.69, 9.17) is 0 Å². The molecule has 214 valence electrons. The standard InChI is InChI=1S/C31H31FN8O2/c1-36-13-2-14-39-29(36)26(17-34-39)22-3-5-23(6-4-22)30(41)37-15-11-21(12-16-37)19-38-20-33-28-27(31(38)42)18-35-40(28)25-9-7-24(32)8-10-25/h3-10,17-18,20-21H,2,11-16,19H2,1H3. The van der Waals surface area contributed by atoms with Crippen LogP contribution in [-0.2, 0) is 13.1 Å². The summed E-state index contributed by atoms with van der Waals surface area (Å²) < 4.78 is 18.6. The number of rotatable bonds is 5. The van der Waals surface area contributed by atoms with Crippen molar-refractivity contribution in [1.29, 1.82) is 0 Å². The third-order valence-corrected chi connectivity index (χ3v) is 8.46. The van der Waals surface area contributed by atoms with E-state index in [2.05, 4.69) is 27.1 Å². The van der Waals surface area contributed by atoms with Crippen LogP contribution in [-0.4, -0.2) is 66.6 Å². The Bertz CT molecular complexity index is 1810. The summed E-state index contributed by atoms with van der Waals surface area (Å²) in [5.74, 6) is 1.07. The van der Waals surface area contributed by atoms with Crippen LogP contribution in [0.5, 0.6) is 0 Å². The predicted molar refractivity (Wildman–Crippen MR) is 157 cm³/mol. The number of carbonyl (C=O) groups excluding carboxylic acids is 1. The van der Waals surface area contributed by atoms with Crippen LogP contribution in [0.4, 0.5) is 10.2 Å². The van der Waals surface area contributed by atoms with Crippen molar-refractivity contribution in [2.24, 2.45) is 5.92 Å². The molecule has 0 N–H and O–H groups in total. The molecule has 2 aliphatic rings. The highest BCUT2D eigenvalue weighted by Gasteiger charge is 2.25. The largest absolute Gasteiger partial charge is 0.359 e. The van der Waals surface area contributed by atoms with Gasteiger partial charge in [-0.2, -0.15) is 10.2 Å². The number of aryl methyl sites for hydroxylation is 1. The van der Waals surface area contributed by atoms with Gasteiger partial charge in [-0.25, -0.2) is 18.7 Å². The van der Waals surface area contributed by atoms with Gasteiger partial charge in [-0.05, 0) is 67.1 Å². The normalized spacial score (nSPS) is 15.8. The molecule has 1 amide bonds. The molecule has 5 heterocycles. The van der Waals surface area contributed by atoms with E-state index in [1.807, 2.05) is 40.0 Å². The molecule has 7 rings (SSSR count). The summed E-state index contributed by atoms with van der Waals surface area (Å²) in [5.41, 5.74) is 3.74. The Kier molecular flexibility index (Phi) is 6.56.